The highest BCUT2D eigenvalue weighted by Gasteiger charge is 2.31. The Morgan fingerprint density at radius 2 is 0.946 bits per heavy atom. The van der Waals surface area contributed by atoms with Gasteiger partial charge >= 0.3 is 5.97 Å². The van der Waals surface area contributed by atoms with Gasteiger partial charge in [-0.05, 0) is 6.92 Å². The molecule has 190 valence electrons. The molecule has 37 heavy (non-hydrogen) atoms. The molecule has 0 atom stereocenters. The van der Waals surface area contributed by atoms with Crippen molar-refractivity contribution in [3.63, 3.8) is 0 Å². The number of hydrogen-bond donors (Lipinski definition) is 0. The standard InChI is InChI=1S/C24H20B.C9H18NO2/c1-5-13-21(14-6-1)25(22-15-7-2-8-16-22,23-17-9-3-10-18-23)24-19-11-4-12-20-24;1-8(2)9(11)12-7-6-10(3,4)5/h1-20H;1,6-7H2,2-5H3/q-1;+1. The van der Waals surface area contributed by atoms with E-state index in [1.807, 2.05) is 0 Å². The highest BCUT2D eigenvalue weighted by atomic mass is 16.5. The number of nitrogens with zero attached hydrogens (tertiary/aromatic N) is 1. The van der Waals surface area contributed by atoms with E-state index in [0.717, 1.165) is 11.0 Å². The fourth-order valence-corrected chi connectivity index (χ4v) is 4.66. The van der Waals surface area contributed by atoms with Crippen LogP contribution >= 0.6 is 0 Å². The van der Waals surface area contributed by atoms with Crippen LogP contribution in [-0.2, 0) is 9.53 Å². The number of hydrogen-bond acceptors (Lipinski definition) is 2. The van der Waals surface area contributed by atoms with Crippen LogP contribution in [0.3, 0.4) is 0 Å². The van der Waals surface area contributed by atoms with Gasteiger partial charge in [-0.1, -0.05) is 128 Å². The molecule has 0 unspecified atom stereocenters. The van der Waals surface area contributed by atoms with Gasteiger partial charge in [0.15, 0.2) is 0 Å². The second-order valence-electron chi connectivity index (χ2n) is 10.4. The molecule has 0 radical (unpaired) electrons. The predicted molar refractivity (Wildman–Crippen MR) is 159 cm³/mol. The Hall–Kier alpha value is -3.89. The summed E-state index contributed by atoms with van der Waals surface area (Å²) in [6, 6.07) is 43.5. The van der Waals surface area contributed by atoms with E-state index in [0.29, 0.717) is 12.2 Å². The highest BCUT2D eigenvalue weighted by molar-refractivity contribution is 7.19. The molecule has 4 heteroatoms. The van der Waals surface area contributed by atoms with Crippen LogP contribution in [0.5, 0.6) is 0 Å². The summed E-state index contributed by atoms with van der Waals surface area (Å²) < 4.78 is 5.72. The van der Waals surface area contributed by atoms with Gasteiger partial charge in [-0.15, -0.1) is 0 Å². The van der Waals surface area contributed by atoms with E-state index < -0.39 is 6.15 Å². The summed E-state index contributed by atoms with van der Waals surface area (Å²) >= 11 is 0. The van der Waals surface area contributed by atoms with Gasteiger partial charge in [0.25, 0.3) is 0 Å². The Morgan fingerprint density at radius 3 is 1.19 bits per heavy atom. The average molecular weight is 491 g/mol. The third-order valence-electron chi connectivity index (χ3n) is 6.54. The van der Waals surface area contributed by atoms with Crippen molar-refractivity contribution in [2.45, 2.75) is 6.92 Å². The number of quaternary nitrogens is 1. The first-order valence-electron chi connectivity index (χ1n) is 12.8. The molecule has 0 saturated heterocycles. The third kappa shape index (κ3) is 7.31. The zero-order chi connectivity index (χ0) is 26.7. The van der Waals surface area contributed by atoms with Crippen LogP contribution in [0.1, 0.15) is 6.92 Å². The first kappa shape index (κ1) is 27.7. The number of likely N-dealkylation sites (N-methyl/N-ethyl adjacent to an activating group) is 1. The molecule has 0 aliphatic rings. The van der Waals surface area contributed by atoms with Gasteiger partial charge in [0.1, 0.15) is 19.3 Å². The van der Waals surface area contributed by atoms with Crippen LogP contribution in [0.2, 0.25) is 0 Å². The molecule has 0 aliphatic heterocycles. The first-order chi connectivity index (χ1) is 17.7. The monoisotopic (exact) mass is 491 g/mol. The van der Waals surface area contributed by atoms with Crippen molar-refractivity contribution in [2.24, 2.45) is 0 Å². The average Bonchev–Trinajstić information content (AvgIpc) is 2.91. The minimum Gasteiger partial charge on any atom is -0.456 e. The number of ether oxygens (including phenoxy) is 1. The molecule has 4 aromatic carbocycles. The molecule has 0 aliphatic carbocycles. The van der Waals surface area contributed by atoms with Crippen LogP contribution in [-0.4, -0.2) is 50.9 Å². The lowest BCUT2D eigenvalue weighted by molar-refractivity contribution is -0.870. The number of rotatable bonds is 8. The molecular formula is C33H38BNO2. The van der Waals surface area contributed by atoms with Crippen LogP contribution in [0.4, 0.5) is 0 Å². The van der Waals surface area contributed by atoms with Gasteiger partial charge in [-0.2, -0.15) is 21.9 Å². The summed E-state index contributed by atoms with van der Waals surface area (Å²) in [5, 5.41) is 0. The van der Waals surface area contributed by atoms with Gasteiger partial charge in [-0.3, -0.25) is 0 Å². The Bertz CT molecular complexity index is 1090. The molecule has 4 aromatic rings. The third-order valence-corrected chi connectivity index (χ3v) is 6.54. The minimum atomic E-state index is -1.22. The lowest BCUT2D eigenvalue weighted by atomic mass is 9.13. The lowest BCUT2D eigenvalue weighted by Crippen LogP contribution is -2.74. The van der Waals surface area contributed by atoms with Crippen molar-refractivity contribution in [3.8, 4) is 0 Å². The van der Waals surface area contributed by atoms with Gasteiger partial charge in [0.2, 0.25) is 0 Å². The largest absolute Gasteiger partial charge is 0.456 e. The van der Waals surface area contributed by atoms with E-state index in [1.54, 1.807) is 6.92 Å². The fourth-order valence-electron chi connectivity index (χ4n) is 4.66. The Balaban J connectivity index is 0.000000270. The van der Waals surface area contributed by atoms with Gasteiger partial charge in [0.05, 0.1) is 21.1 Å². The van der Waals surface area contributed by atoms with E-state index in [-0.39, 0.29) is 5.97 Å². The van der Waals surface area contributed by atoms with Gasteiger partial charge in [0, 0.05) is 5.57 Å². The minimum absolute atomic E-state index is 0.302. The van der Waals surface area contributed by atoms with E-state index in [1.165, 1.54) is 21.9 Å². The smallest absolute Gasteiger partial charge is 0.333 e. The van der Waals surface area contributed by atoms with Crippen LogP contribution in [0, 0.1) is 0 Å². The molecule has 0 bridgehead atoms. The number of carbonyl (C=O) groups is 1. The SMILES string of the molecule is C=C(C)C(=O)OCC[N+](C)(C)C.c1ccc([B-](c2ccccc2)(c2ccccc2)c2ccccc2)cc1. The molecule has 0 fully saturated rings. The molecular weight excluding hydrogens is 453 g/mol. The van der Waals surface area contributed by atoms with Gasteiger partial charge < -0.3 is 9.22 Å². The maximum atomic E-state index is 10.9. The van der Waals surface area contributed by atoms with Gasteiger partial charge in [-0.25, -0.2) is 4.79 Å². The number of carbonyl (C=O) groups excluding carboxylic acids is 1. The number of esters is 1. The summed E-state index contributed by atoms with van der Waals surface area (Å²) in [6.45, 7) is 6.41. The summed E-state index contributed by atoms with van der Waals surface area (Å²) in [5.74, 6) is -0.302. The van der Waals surface area contributed by atoms with E-state index >= 15 is 0 Å². The van der Waals surface area contributed by atoms with E-state index in [2.05, 4.69) is 149 Å². The Morgan fingerprint density at radius 1 is 0.649 bits per heavy atom. The van der Waals surface area contributed by atoms with Crippen molar-refractivity contribution < 1.29 is 14.0 Å². The molecule has 0 saturated carbocycles. The summed E-state index contributed by atoms with van der Waals surface area (Å²) in [4.78, 5) is 10.9. The second-order valence-corrected chi connectivity index (χ2v) is 10.4. The van der Waals surface area contributed by atoms with Crippen molar-refractivity contribution in [2.75, 3.05) is 34.3 Å². The first-order valence-corrected chi connectivity index (χ1v) is 12.8. The van der Waals surface area contributed by atoms with Crippen molar-refractivity contribution in [3.05, 3.63) is 133 Å². The van der Waals surface area contributed by atoms with E-state index in [9.17, 15) is 4.79 Å². The molecule has 0 amide bonds. The van der Waals surface area contributed by atoms with Crippen molar-refractivity contribution >= 4 is 34.0 Å². The molecule has 3 nitrogen and oxygen atoms in total. The molecule has 0 heterocycles. The maximum absolute atomic E-state index is 10.9. The molecule has 0 spiro atoms. The van der Waals surface area contributed by atoms with Crippen LogP contribution in [0.25, 0.3) is 0 Å². The maximum Gasteiger partial charge on any atom is 0.333 e. The van der Waals surface area contributed by atoms with Crippen LogP contribution < -0.4 is 21.9 Å². The Labute approximate surface area is 222 Å². The molecule has 4 rings (SSSR count). The summed E-state index contributed by atoms with van der Waals surface area (Å²) in [6.07, 6.45) is -1.22. The zero-order valence-corrected chi connectivity index (χ0v) is 22.5. The zero-order valence-electron chi connectivity index (χ0n) is 22.5. The highest BCUT2D eigenvalue weighted by Crippen LogP contribution is 2.09. The van der Waals surface area contributed by atoms with E-state index in [4.69, 9.17) is 4.74 Å². The van der Waals surface area contributed by atoms with Crippen LogP contribution in [0.15, 0.2) is 133 Å². The lowest BCUT2D eigenvalue weighted by Gasteiger charge is -2.44. The van der Waals surface area contributed by atoms with Crippen molar-refractivity contribution in [1.29, 1.82) is 0 Å². The predicted octanol–water partition coefficient (Wildman–Crippen LogP) is 3.88. The molecule has 0 aromatic heterocycles. The normalized spacial score (nSPS) is 11.1. The number of benzene rings is 4. The summed E-state index contributed by atoms with van der Waals surface area (Å²) in [5.41, 5.74) is 5.81. The topological polar surface area (TPSA) is 26.3 Å². The fraction of sp³-hybridized carbons (Fsp3) is 0.182. The molecule has 0 N–H and O–H groups in total. The Kier molecular flexibility index (Phi) is 9.65. The quantitative estimate of drug-likeness (QED) is 0.162. The van der Waals surface area contributed by atoms with Crippen molar-refractivity contribution in [1.82, 2.24) is 0 Å². The second kappa shape index (κ2) is 12.9. The summed E-state index contributed by atoms with van der Waals surface area (Å²) in [7, 11) is 6.15.